The van der Waals surface area contributed by atoms with Gasteiger partial charge in [-0.3, -0.25) is 4.79 Å². The van der Waals surface area contributed by atoms with Gasteiger partial charge in [-0.2, -0.15) is 5.10 Å². The Morgan fingerprint density at radius 2 is 2.00 bits per heavy atom. The molecule has 0 aromatic heterocycles. The molecule has 3 rings (SSSR count). The van der Waals surface area contributed by atoms with Crippen LogP contribution in [-0.2, 0) is 11.2 Å². The van der Waals surface area contributed by atoms with Crippen molar-refractivity contribution in [2.45, 2.75) is 62.1 Å². The SMILES string of the molecule is CCCCCCCC(=O)NN=C1C2c3ccccc3CC2C1(Cl)Cl. The highest BCUT2D eigenvalue weighted by atomic mass is 35.5. The third-order valence-electron chi connectivity index (χ3n) is 5.14. The van der Waals surface area contributed by atoms with Gasteiger partial charge in [-0.25, -0.2) is 5.43 Å². The summed E-state index contributed by atoms with van der Waals surface area (Å²) in [4.78, 5) is 12.0. The van der Waals surface area contributed by atoms with E-state index in [1.165, 1.54) is 30.4 Å². The van der Waals surface area contributed by atoms with E-state index in [0.717, 1.165) is 19.3 Å². The van der Waals surface area contributed by atoms with Crippen molar-refractivity contribution in [1.82, 2.24) is 5.43 Å². The van der Waals surface area contributed by atoms with E-state index in [-0.39, 0.29) is 17.7 Å². The largest absolute Gasteiger partial charge is 0.273 e. The van der Waals surface area contributed by atoms with E-state index in [1.807, 2.05) is 12.1 Å². The summed E-state index contributed by atoms with van der Waals surface area (Å²) in [6.45, 7) is 2.18. The van der Waals surface area contributed by atoms with Crippen LogP contribution >= 0.6 is 23.2 Å². The Kier molecular flexibility index (Phi) is 5.51. The number of halogens is 2. The lowest BCUT2D eigenvalue weighted by Crippen LogP contribution is -2.54. The third kappa shape index (κ3) is 3.34. The fourth-order valence-electron chi connectivity index (χ4n) is 3.78. The maximum atomic E-state index is 12.0. The van der Waals surface area contributed by atoms with Crippen molar-refractivity contribution in [3.63, 3.8) is 0 Å². The second kappa shape index (κ2) is 7.45. The average Bonchev–Trinajstić information content (AvgIpc) is 2.92. The van der Waals surface area contributed by atoms with Gasteiger partial charge in [-0.1, -0.05) is 80.1 Å². The second-order valence-electron chi connectivity index (χ2n) is 6.81. The van der Waals surface area contributed by atoms with Crippen LogP contribution in [0.1, 0.15) is 62.5 Å². The lowest BCUT2D eigenvalue weighted by atomic mass is 9.71. The summed E-state index contributed by atoms with van der Waals surface area (Å²) < 4.78 is -0.974. The van der Waals surface area contributed by atoms with E-state index < -0.39 is 4.33 Å². The van der Waals surface area contributed by atoms with Gasteiger partial charge in [0.2, 0.25) is 5.91 Å². The molecule has 1 N–H and O–H groups in total. The van der Waals surface area contributed by atoms with Crippen LogP contribution in [0.5, 0.6) is 0 Å². The highest BCUT2D eigenvalue weighted by Gasteiger charge is 2.61. The van der Waals surface area contributed by atoms with E-state index in [9.17, 15) is 4.79 Å². The monoisotopic (exact) mass is 366 g/mol. The van der Waals surface area contributed by atoms with Gasteiger partial charge in [0.05, 0.1) is 5.71 Å². The Morgan fingerprint density at radius 3 is 2.79 bits per heavy atom. The molecule has 130 valence electrons. The molecule has 0 spiro atoms. The van der Waals surface area contributed by atoms with Crippen molar-refractivity contribution in [1.29, 1.82) is 0 Å². The van der Waals surface area contributed by atoms with Crippen LogP contribution in [0.15, 0.2) is 29.4 Å². The smallest absolute Gasteiger partial charge is 0.240 e. The molecule has 1 amide bonds. The number of fused-ring (bicyclic) bond motifs is 3. The topological polar surface area (TPSA) is 41.5 Å². The van der Waals surface area contributed by atoms with Gasteiger partial charge in [0, 0.05) is 18.3 Å². The van der Waals surface area contributed by atoms with Crippen LogP contribution in [0, 0.1) is 5.92 Å². The molecular formula is C19H24Cl2N2O. The van der Waals surface area contributed by atoms with E-state index >= 15 is 0 Å². The van der Waals surface area contributed by atoms with Gasteiger partial charge in [-0.05, 0) is 24.0 Å². The zero-order valence-electron chi connectivity index (χ0n) is 14.0. The van der Waals surface area contributed by atoms with Gasteiger partial charge in [-0.15, -0.1) is 0 Å². The van der Waals surface area contributed by atoms with E-state index in [1.54, 1.807) is 0 Å². The molecule has 1 fully saturated rings. The highest BCUT2D eigenvalue weighted by Crippen LogP contribution is 2.59. The first-order chi connectivity index (χ1) is 11.6. The van der Waals surface area contributed by atoms with Gasteiger partial charge in [0.15, 0.2) is 4.33 Å². The second-order valence-corrected chi connectivity index (χ2v) is 8.19. The lowest BCUT2D eigenvalue weighted by molar-refractivity contribution is -0.121. The summed E-state index contributed by atoms with van der Waals surface area (Å²) in [6.07, 6.45) is 6.99. The zero-order chi connectivity index (χ0) is 17.2. The number of nitrogens with one attached hydrogen (secondary N) is 1. The Balaban J connectivity index is 1.58. The number of hydrogen-bond donors (Lipinski definition) is 1. The van der Waals surface area contributed by atoms with Crippen LogP contribution in [0.3, 0.4) is 0 Å². The van der Waals surface area contributed by atoms with Crippen molar-refractivity contribution in [3.05, 3.63) is 35.4 Å². The van der Waals surface area contributed by atoms with Gasteiger partial charge >= 0.3 is 0 Å². The van der Waals surface area contributed by atoms with Crippen LogP contribution in [-0.4, -0.2) is 16.0 Å². The number of hydrazone groups is 1. The summed E-state index contributed by atoms with van der Waals surface area (Å²) in [5.41, 5.74) is 5.86. The minimum atomic E-state index is -0.974. The predicted octanol–water partition coefficient (Wildman–Crippen LogP) is 4.96. The Bertz CT molecular complexity index is 642. The number of unbranched alkanes of at least 4 members (excludes halogenated alkanes) is 4. The maximum absolute atomic E-state index is 12.0. The molecule has 0 radical (unpaired) electrons. The Labute approximate surface area is 153 Å². The van der Waals surface area contributed by atoms with Crippen LogP contribution in [0.25, 0.3) is 0 Å². The fourth-order valence-corrected chi connectivity index (χ4v) is 4.51. The number of alkyl halides is 2. The minimum absolute atomic E-state index is 0.0575. The first kappa shape index (κ1) is 17.8. The molecule has 5 heteroatoms. The molecule has 2 aliphatic carbocycles. The van der Waals surface area contributed by atoms with Crippen molar-refractivity contribution < 1.29 is 4.79 Å². The van der Waals surface area contributed by atoms with Crippen LogP contribution in [0.4, 0.5) is 0 Å². The van der Waals surface area contributed by atoms with Gasteiger partial charge in [0.25, 0.3) is 0 Å². The van der Waals surface area contributed by atoms with E-state index in [0.29, 0.717) is 12.1 Å². The zero-order valence-corrected chi connectivity index (χ0v) is 15.5. The molecule has 0 aliphatic heterocycles. The quantitative estimate of drug-likeness (QED) is 0.413. The lowest BCUT2D eigenvalue weighted by Gasteiger charge is -2.45. The highest BCUT2D eigenvalue weighted by molar-refractivity contribution is 6.62. The molecule has 3 nitrogen and oxygen atoms in total. The first-order valence-corrected chi connectivity index (χ1v) is 9.63. The van der Waals surface area contributed by atoms with Crippen molar-refractivity contribution >= 4 is 34.8 Å². The van der Waals surface area contributed by atoms with Crippen LogP contribution in [0.2, 0.25) is 0 Å². The standard InChI is InChI=1S/C19H24Cl2N2O/c1-2-3-4-5-6-11-16(24)22-23-18-17-14-10-8-7-9-13(14)12-15(17)19(18,20)21/h7-10,15,17H,2-6,11-12H2,1H3,(H,22,24). The molecule has 1 aromatic carbocycles. The van der Waals surface area contributed by atoms with Crippen molar-refractivity contribution in [2.75, 3.05) is 0 Å². The fraction of sp³-hybridized carbons (Fsp3) is 0.579. The summed E-state index contributed by atoms with van der Waals surface area (Å²) in [5, 5.41) is 4.29. The average molecular weight is 367 g/mol. The molecule has 1 aromatic rings. The molecule has 2 atom stereocenters. The van der Waals surface area contributed by atoms with Crippen molar-refractivity contribution in [2.24, 2.45) is 11.0 Å². The molecule has 2 unspecified atom stereocenters. The normalized spacial score (nSPS) is 25.0. The van der Waals surface area contributed by atoms with E-state index in [4.69, 9.17) is 23.2 Å². The summed E-state index contributed by atoms with van der Waals surface area (Å²) in [5.74, 6) is 0.238. The molecule has 1 saturated carbocycles. The summed E-state index contributed by atoms with van der Waals surface area (Å²) >= 11 is 13.0. The molecular weight excluding hydrogens is 343 g/mol. The minimum Gasteiger partial charge on any atom is -0.273 e. The molecule has 0 bridgehead atoms. The predicted molar refractivity (Wildman–Crippen MR) is 99.8 cm³/mol. The number of hydrogen-bond acceptors (Lipinski definition) is 2. The number of rotatable bonds is 7. The van der Waals surface area contributed by atoms with Crippen LogP contribution < -0.4 is 5.43 Å². The molecule has 0 heterocycles. The number of benzene rings is 1. The van der Waals surface area contributed by atoms with E-state index in [2.05, 4.69) is 29.6 Å². The Hall–Kier alpha value is -1.06. The molecule has 2 aliphatic rings. The summed E-state index contributed by atoms with van der Waals surface area (Å²) in [6, 6.07) is 8.28. The molecule has 0 saturated heterocycles. The third-order valence-corrected chi connectivity index (χ3v) is 6.09. The number of carbonyl (C=O) groups is 1. The molecule has 24 heavy (non-hydrogen) atoms. The number of carbonyl (C=O) groups excluding carboxylic acids is 1. The van der Waals surface area contributed by atoms with Crippen molar-refractivity contribution in [3.8, 4) is 0 Å². The first-order valence-electron chi connectivity index (χ1n) is 8.88. The summed E-state index contributed by atoms with van der Waals surface area (Å²) in [7, 11) is 0. The Morgan fingerprint density at radius 1 is 1.25 bits per heavy atom. The number of nitrogens with zero attached hydrogens (tertiary/aromatic N) is 1. The van der Waals surface area contributed by atoms with Gasteiger partial charge < -0.3 is 0 Å². The van der Waals surface area contributed by atoms with Gasteiger partial charge in [0.1, 0.15) is 0 Å². The number of amides is 1. The maximum Gasteiger partial charge on any atom is 0.240 e.